The van der Waals surface area contributed by atoms with Crippen LogP contribution in [0.25, 0.3) is 11.1 Å². The Labute approximate surface area is 194 Å². The highest BCUT2D eigenvalue weighted by molar-refractivity contribution is 7.89. The van der Waals surface area contributed by atoms with Gasteiger partial charge in [-0.2, -0.15) is 4.72 Å². The average molecular weight is 466 g/mol. The lowest BCUT2D eigenvalue weighted by Gasteiger charge is -2.23. The lowest BCUT2D eigenvalue weighted by atomic mass is 10.0. The van der Waals surface area contributed by atoms with Gasteiger partial charge in [-0.25, -0.2) is 8.42 Å². The highest BCUT2D eigenvalue weighted by Gasteiger charge is 2.32. The van der Waals surface area contributed by atoms with E-state index in [2.05, 4.69) is 11.3 Å². The van der Waals surface area contributed by atoms with E-state index in [-0.39, 0.29) is 11.5 Å². The third-order valence-corrected chi connectivity index (χ3v) is 6.62. The highest BCUT2D eigenvalue weighted by atomic mass is 32.2. The summed E-state index contributed by atoms with van der Waals surface area (Å²) < 4.78 is 39.1. The fraction of sp³-hybridized carbons (Fsp3) is 0.192. The number of hydrogen-bond acceptors (Lipinski definition) is 5. The number of ether oxygens (including phenoxy) is 2. The number of sulfonamides is 1. The number of nitrogens with one attached hydrogen (secondary N) is 1. The molecule has 3 aromatic carbocycles. The zero-order valence-corrected chi connectivity index (χ0v) is 19.2. The summed E-state index contributed by atoms with van der Waals surface area (Å²) in [5.41, 5.74) is 2.83. The summed E-state index contributed by atoms with van der Waals surface area (Å²) in [4.78, 5) is 12.5. The van der Waals surface area contributed by atoms with E-state index in [1.54, 1.807) is 12.1 Å². The first kappa shape index (κ1) is 24.4. The van der Waals surface area contributed by atoms with E-state index in [1.807, 2.05) is 60.7 Å². The number of methoxy groups -OCH3 is 1. The maximum Gasteiger partial charge on any atom is 0.324 e. The van der Waals surface area contributed by atoms with E-state index in [0.29, 0.717) is 6.61 Å². The smallest absolute Gasteiger partial charge is 0.324 e. The first-order valence-corrected chi connectivity index (χ1v) is 11.9. The van der Waals surface area contributed by atoms with Crippen molar-refractivity contribution in [3.05, 3.63) is 103 Å². The second kappa shape index (κ2) is 11.6. The molecule has 7 heteroatoms. The van der Waals surface area contributed by atoms with Crippen LogP contribution in [0.2, 0.25) is 0 Å². The van der Waals surface area contributed by atoms with Crippen molar-refractivity contribution in [2.75, 3.05) is 13.7 Å². The van der Waals surface area contributed by atoms with Gasteiger partial charge < -0.3 is 9.47 Å². The van der Waals surface area contributed by atoms with Crippen molar-refractivity contribution < 1.29 is 22.7 Å². The largest absolute Gasteiger partial charge is 0.468 e. The fourth-order valence-electron chi connectivity index (χ4n) is 3.32. The third kappa shape index (κ3) is 6.61. The van der Waals surface area contributed by atoms with Crippen molar-refractivity contribution in [2.45, 2.75) is 17.5 Å². The summed E-state index contributed by atoms with van der Waals surface area (Å²) in [7, 11) is -2.79. The van der Waals surface area contributed by atoms with Gasteiger partial charge >= 0.3 is 5.97 Å². The van der Waals surface area contributed by atoms with Gasteiger partial charge in [0.1, 0.15) is 6.04 Å². The zero-order valence-electron chi connectivity index (χ0n) is 18.4. The van der Waals surface area contributed by atoms with E-state index in [0.717, 1.165) is 16.7 Å². The number of carbonyl (C=O) groups excluding carboxylic acids is 1. The minimum absolute atomic E-state index is 0.0455. The summed E-state index contributed by atoms with van der Waals surface area (Å²) in [6, 6.07) is 24.5. The molecule has 2 unspecified atom stereocenters. The van der Waals surface area contributed by atoms with Crippen LogP contribution < -0.4 is 4.72 Å². The van der Waals surface area contributed by atoms with E-state index < -0.39 is 28.0 Å². The standard InChI is InChI=1S/C26H27NO5S/c1-3-21(19-32-18-20-10-6-4-7-11-20)25(26(28)31-2)27-33(29,30)24-16-14-23(15-17-24)22-12-8-5-9-13-22/h3-17,21,25,27H,1,18-19H2,2H3. The highest BCUT2D eigenvalue weighted by Crippen LogP contribution is 2.22. The van der Waals surface area contributed by atoms with E-state index >= 15 is 0 Å². The summed E-state index contributed by atoms with van der Waals surface area (Å²) >= 11 is 0. The monoisotopic (exact) mass is 465 g/mol. The molecule has 0 heterocycles. The average Bonchev–Trinajstić information content (AvgIpc) is 2.86. The lowest BCUT2D eigenvalue weighted by molar-refractivity contribution is -0.144. The number of rotatable bonds is 11. The summed E-state index contributed by atoms with van der Waals surface area (Å²) in [5.74, 6) is -1.34. The molecule has 33 heavy (non-hydrogen) atoms. The molecule has 172 valence electrons. The lowest BCUT2D eigenvalue weighted by Crippen LogP contribution is -2.47. The molecule has 1 N–H and O–H groups in total. The van der Waals surface area contributed by atoms with Gasteiger partial charge in [0.2, 0.25) is 10.0 Å². The Morgan fingerprint density at radius 3 is 2.09 bits per heavy atom. The van der Waals surface area contributed by atoms with Crippen LogP contribution >= 0.6 is 0 Å². The van der Waals surface area contributed by atoms with Crippen LogP contribution in [-0.4, -0.2) is 34.1 Å². The molecule has 2 atom stereocenters. The van der Waals surface area contributed by atoms with Crippen LogP contribution in [0.4, 0.5) is 0 Å². The summed E-state index contributed by atoms with van der Waals surface area (Å²) in [5, 5.41) is 0. The van der Waals surface area contributed by atoms with Gasteiger partial charge in [0.25, 0.3) is 0 Å². The molecule has 0 aromatic heterocycles. The molecule has 0 radical (unpaired) electrons. The van der Waals surface area contributed by atoms with Crippen molar-refractivity contribution in [1.82, 2.24) is 4.72 Å². The first-order valence-electron chi connectivity index (χ1n) is 10.4. The third-order valence-electron chi connectivity index (χ3n) is 5.16. The second-order valence-electron chi connectivity index (χ2n) is 7.41. The molecule has 0 saturated carbocycles. The Morgan fingerprint density at radius 1 is 0.939 bits per heavy atom. The van der Waals surface area contributed by atoms with Crippen molar-refractivity contribution in [3.8, 4) is 11.1 Å². The second-order valence-corrected chi connectivity index (χ2v) is 9.13. The van der Waals surface area contributed by atoms with Crippen LogP contribution in [0.1, 0.15) is 5.56 Å². The van der Waals surface area contributed by atoms with Crippen LogP contribution in [0.15, 0.2) is 102 Å². The van der Waals surface area contributed by atoms with Crippen molar-refractivity contribution in [1.29, 1.82) is 0 Å². The fourth-order valence-corrected chi connectivity index (χ4v) is 4.55. The molecule has 3 aromatic rings. The first-order chi connectivity index (χ1) is 15.9. The van der Waals surface area contributed by atoms with Gasteiger partial charge in [0.15, 0.2) is 0 Å². The van der Waals surface area contributed by atoms with Crippen LogP contribution in [-0.2, 0) is 30.9 Å². The number of hydrogen-bond donors (Lipinski definition) is 1. The van der Waals surface area contributed by atoms with Crippen LogP contribution in [0.3, 0.4) is 0 Å². The maximum absolute atomic E-state index is 13.0. The maximum atomic E-state index is 13.0. The topological polar surface area (TPSA) is 81.7 Å². The van der Waals surface area contributed by atoms with Gasteiger partial charge in [0, 0.05) is 5.92 Å². The molecular weight excluding hydrogens is 438 g/mol. The van der Waals surface area contributed by atoms with Crippen LogP contribution in [0, 0.1) is 5.92 Å². The predicted octanol–water partition coefficient (Wildman–Crippen LogP) is 4.19. The van der Waals surface area contributed by atoms with Crippen LogP contribution in [0.5, 0.6) is 0 Å². The molecule has 0 fully saturated rings. The number of esters is 1. The Bertz CT molecular complexity index is 1150. The molecule has 3 rings (SSSR count). The van der Waals surface area contributed by atoms with Crippen molar-refractivity contribution >= 4 is 16.0 Å². The Hall–Kier alpha value is -3.26. The predicted molar refractivity (Wildman–Crippen MR) is 128 cm³/mol. The van der Waals surface area contributed by atoms with Crippen molar-refractivity contribution in [3.63, 3.8) is 0 Å². The Balaban J connectivity index is 1.73. The minimum Gasteiger partial charge on any atom is -0.468 e. The molecule has 0 saturated heterocycles. The van der Waals surface area contributed by atoms with Gasteiger partial charge in [-0.15, -0.1) is 6.58 Å². The van der Waals surface area contributed by atoms with Gasteiger partial charge in [0.05, 0.1) is 25.2 Å². The van der Waals surface area contributed by atoms with Gasteiger partial charge in [-0.05, 0) is 28.8 Å². The van der Waals surface area contributed by atoms with E-state index in [4.69, 9.17) is 9.47 Å². The normalized spacial score (nSPS) is 13.1. The van der Waals surface area contributed by atoms with Gasteiger partial charge in [-0.3, -0.25) is 4.79 Å². The number of benzene rings is 3. The Kier molecular flexibility index (Phi) is 8.54. The molecule has 0 aliphatic carbocycles. The van der Waals surface area contributed by atoms with Gasteiger partial charge in [-0.1, -0.05) is 78.9 Å². The SMILES string of the molecule is C=CC(COCc1ccccc1)C(NS(=O)(=O)c1ccc(-c2ccccc2)cc1)C(=O)OC. The molecular formula is C26H27NO5S. The van der Waals surface area contributed by atoms with E-state index in [9.17, 15) is 13.2 Å². The molecule has 0 amide bonds. The molecule has 0 aliphatic rings. The zero-order chi connectivity index (χ0) is 23.7. The number of carbonyl (C=O) groups is 1. The molecule has 0 aliphatic heterocycles. The molecule has 0 bridgehead atoms. The summed E-state index contributed by atoms with van der Waals surface area (Å²) in [6.07, 6.45) is 1.49. The van der Waals surface area contributed by atoms with E-state index in [1.165, 1.54) is 25.3 Å². The quantitative estimate of drug-likeness (QED) is 0.339. The van der Waals surface area contributed by atoms with Crippen molar-refractivity contribution in [2.24, 2.45) is 5.92 Å². The molecule has 0 spiro atoms. The Morgan fingerprint density at radius 2 is 1.52 bits per heavy atom. The summed E-state index contributed by atoms with van der Waals surface area (Å²) in [6.45, 7) is 4.17. The minimum atomic E-state index is -4.00. The molecule has 6 nitrogen and oxygen atoms in total.